The molecule has 6 nitrogen and oxygen atoms in total. The Hall–Kier alpha value is -3.28. The predicted octanol–water partition coefficient (Wildman–Crippen LogP) is 3.60. The number of carbonyl (C=O) groups is 2. The van der Waals surface area contributed by atoms with Gasteiger partial charge in [0.05, 0.1) is 14.2 Å². The maximum Gasteiger partial charge on any atom is 0.331 e. The third-order valence-electron chi connectivity index (χ3n) is 3.82. The minimum atomic E-state index is -0.929. The fraction of sp³-hybridized carbons (Fsp3) is 0.238. The standard InChI is InChI=1S/C21H23NO5/c1-14-5-9-17(10-6-14)22-21(24)15(2)27-20(23)12-8-16-7-11-18(25-3)13-19(16)26-4/h5-13,15H,1-4H3,(H,22,24)/b12-8+/t15-/m0/s1. The zero-order valence-electron chi connectivity index (χ0n) is 15.8. The maximum absolute atomic E-state index is 12.1. The van der Waals surface area contributed by atoms with Gasteiger partial charge in [-0.15, -0.1) is 0 Å². The lowest BCUT2D eigenvalue weighted by molar-refractivity contribution is -0.148. The van der Waals surface area contributed by atoms with Crippen LogP contribution in [0.25, 0.3) is 6.08 Å². The zero-order valence-corrected chi connectivity index (χ0v) is 15.8. The Balaban J connectivity index is 1.95. The average molecular weight is 369 g/mol. The van der Waals surface area contributed by atoms with E-state index in [0.29, 0.717) is 22.7 Å². The topological polar surface area (TPSA) is 73.9 Å². The summed E-state index contributed by atoms with van der Waals surface area (Å²) in [6, 6.07) is 12.6. The fourth-order valence-electron chi connectivity index (χ4n) is 2.26. The highest BCUT2D eigenvalue weighted by Crippen LogP contribution is 2.25. The van der Waals surface area contributed by atoms with Gasteiger partial charge in [-0.3, -0.25) is 4.79 Å². The first-order valence-corrected chi connectivity index (χ1v) is 8.41. The zero-order chi connectivity index (χ0) is 19.8. The molecule has 27 heavy (non-hydrogen) atoms. The molecule has 6 heteroatoms. The molecule has 2 aromatic rings. The lowest BCUT2D eigenvalue weighted by atomic mass is 10.1. The molecule has 0 aliphatic heterocycles. The summed E-state index contributed by atoms with van der Waals surface area (Å²) in [5.74, 6) is 0.179. The number of methoxy groups -OCH3 is 2. The molecule has 0 saturated heterocycles. The second-order valence-electron chi connectivity index (χ2n) is 5.88. The minimum absolute atomic E-state index is 0.400. The SMILES string of the molecule is COc1ccc(/C=C/C(=O)O[C@@H](C)C(=O)Nc2ccc(C)cc2)c(OC)c1. The second kappa shape index (κ2) is 9.43. The van der Waals surface area contributed by atoms with Crippen molar-refractivity contribution in [2.24, 2.45) is 0 Å². The van der Waals surface area contributed by atoms with Gasteiger partial charge in [-0.05, 0) is 44.2 Å². The molecule has 0 aromatic heterocycles. The summed E-state index contributed by atoms with van der Waals surface area (Å²) in [5, 5.41) is 2.70. The molecule has 0 heterocycles. The molecule has 1 amide bonds. The minimum Gasteiger partial charge on any atom is -0.497 e. The van der Waals surface area contributed by atoms with Crippen molar-refractivity contribution in [1.82, 2.24) is 0 Å². The largest absolute Gasteiger partial charge is 0.497 e. The van der Waals surface area contributed by atoms with Crippen LogP contribution in [-0.4, -0.2) is 32.2 Å². The van der Waals surface area contributed by atoms with E-state index in [-0.39, 0.29) is 0 Å². The van der Waals surface area contributed by atoms with E-state index in [1.54, 1.807) is 43.5 Å². The molecular weight excluding hydrogens is 346 g/mol. The van der Waals surface area contributed by atoms with E-state index in [1.165, 1.54) is 20.1 Å². The van der Waals surface area contributed by atoms with Gasteiger partial charge in [-0.2, -0.15) is 0 Å². The van der Waals surface area contributed by atoms with Crippen molar-refractivity contribution < 1.29 is 23.8 Å². The lowest BCUT2D eigenvalue weighted by Gasteiger charge is -2.12. The normalized spacial score (nSPS) is 11.7. The van der Waals surface area contributed by atoms with Gasteiger partial charge < -0.3 is 19.5 Å². The number of aryl methyl sites for hydroxylation is 1. The van der Waals surface area contributed by atoms with E-state index in [4.69, 9.17) is 14.2 Å². The Morgan fingerprint density at radius 3 is 2.37 bits per heavy atom. The van der Waals surface area contributed by atoms with Crippen LogP contribution < -0.4 is 14.8 Å². The summed E-state index contributed by atoms with van der Waals surface area (Å²) >= 11 is 0. The number of hydrogen-bond acceptors (Lipinski definition) is 5. The first-order chi connectivity index (χ1) is 12.9. The van der Waals surface area contributed by atoms with E-state index in [9.17, 15) is 9.59 Å². The summed E-state index contributed by atoms with van der Waals surface area (Å²) < 4.78 is 15.5. The molecule has 0 bridgehead atoms. The Labute approximate surface area is 158 Å². The second-order valence-corrected chi connectivity index (χ2v) is 5.88. The Bertz CT molecular complexity index is 827. The first kappa shape index (κ1) is 20.0. The number of benzene rings is 2. The van der Waals surface area contributed by atoms with Gasteiger partial charge >= 0.3 is 5.97 Å². The molecule has 2 aromatic carbocycles. The Morgan fingerprint density at radius 1 is 1.04 bits per heavy atom. The Kier molecular flexibility index (Phi) is 7.00. The molecule has 0 aliphatic carbocycles. The van der Waals surface area contributed by atoms with Crippen molar-refractivity contribution in [2.75, 3.05) is 19.5 Å². The molecule has 2 rings (SSSR count). The summed E-state index contributed by atoms with van der Waals surface area (Å²) in [7, 11) is 3.09. The van der Waals surface area contributed by atoms with E-state index in [2.05, 4.69) is 5.32 Å². The number of ether oxygens (including phenoxy) is 3. The van der Waals surface area contributed by atoms with Crippen LogP contribution in [0.1, 0.15) is 18.1 Å². The van der Waals surface area contributed by atoms with Crippen molar-refractivity contribution in [2.45, 2.75) is 20.0 Å². The highest BCUT2D eigenvalue weighted by molar-refractivity contribution is 5.96. The molecule has 0 fully saturated rings. The van der Waals surface area contributed by atoms with Crippen molar-refractivity contribution >= 4 is 23.6 Å². The van der Waals surface area contributed by atoms with Crippen molar-refractivity contribution in [3.63, 3.8) is 0 Å². The fourth-order valence-corrected chi connectivity index (χ4v) is 2.26. The van der Waals surface area contributed by atoms with Crippen LogP contribution in [0.4, 0.5) is 5.69 Å². The summed E-state index contributed by atoms with van der Waals surface area (Å²) in [4.78, 5) is 24.1. The number of rotatable bonds is 7. The van der Waals surface area contributed by atoms with Crippen molar-refractivity contribution in [1.29, 1.82) is 0 Å². The lowest BCUT2D eigenvalue weighted by Crippen LogP contribution is -2.29. The van der Waals surface area contributed by atoms with Crippen LogP contribution in [0.15, 0.2) is 48.5 Å². The molecule has 1 N–H and O–H groups in total. The van der Waals surface area contributed by atoms with E-state index < -0.39 is 18.0 Å². The Morgan fingerprint density at radius 2 is 1.74 bits per heavy atom. The molecular formula is C21H23NO5. The van der Waals surface area contributed by atoms with Gasteiger partial charge in [0.1, 0.15) is 11.5 Å². The van der Waals surface area contributed by atoms with E-state index in [1.807, 2.05) is 19.1 Å². The van der Waals surface area contributed by atoms with Crippen molar-refractivity contribution in [3.05, 3.63) is 59.7 Å². The van der Waals surface area contributed by atoms with Crippen LogP contribution in [0.5, 0.6) is 11.5 Å². The van der Waals surface area contributed by atoms with Gasteiger partial charge in [0, 0.05) is 23.4 Å². The predicted molar refractivity (Wildman–Crippen MR) is 104 cm³/mol. The monoisotopic (exact) mass is 369 g/mol. The molecule has 0 spiro atoms. The van der Waals surface area contributed by atoms with Gasteiger partial charge in [0.15, 0.2) is 6.10 Å². The van der Waals surface area contributed by atoms with E-state index in [0.717, 1.165) is 5.56 Å². The third-order valence-corrected chi connectivity index (χ3v) is 3.82. The van der Waals surface area contributed by atoms with Gasteiger partial charge in [0.25, 0.3) is 5.91 Å². The summed E-state index contributed by atoms with van der Waals surface area (Å²) in [6.45, 7) is 3.48. The van der Waals surface area contributed by atoms with Crippen LogP contribution in [0, 0.1) is 6.92 Å². The number of anilines is 1. The van der Waals surface area contributed by atoms with Gasteiger partial charge in [-0.1, -0.05) is 17.7 Å². The summed E-state index contributed by atoms with van der Waals surface area (Å²) in [6.07, 6.45) is 1.88. The summed E-state index contributed by atoms with van der Waals surface area (Å²) in [5.41, 5.74) is 2.42. The van der Waals surface area contributed by atoms with Gasteiger partial charge in [0.2, 0.25) is 0 Å². The molecule has 0 aliphatic rings. The number of esters is 1. The molecule has 1 atom stereocenters. The quantitative estimate of drug-likeness (QED) is 0.596. The molecule has 0 saturated carbocycles. The third kappa shape index (κ3) is 5.88. The highest BCUT2D eigenvalue weighted by Gasteiger charge is 2.16. The van der Waals surface area contributed by atoms with Gasteiger partial charge in [-0.25, -0.2) is 4.79 Å². The average Bonchev–Trinajstić information content (AvgIpc) is 2.67. The number of nitrogens with one attached hydrogen (secondary N) is 1. The molecule has 0 radical (unpaired) electrons. The molecule has 0 unspecified atom stereocenters. The molecule has 142 valence electrons. The smallest absolute Gasteiger partial charge is 0.331 e. The van der Waals surface area contributed by atoms with Crippen LogP contribution >= 0.6 is 0 Å². The van der Waals surface area contributed by atoms with Crippen LogP contribution in [-0.2, 0) is 14.3 Å². The van der Waals surface area contributed by atoms with Crippen molar-refractivity contribution in [3.8, 4) is 11.5 Å². The van der Waals surface area contributed by atoms with Crippen LogP contribution in [0.3, 0.4) is 0 Å². The van der Waals surface area contributed by atoms with Crippen LogP contribution in [0.2, 0.25) is 0 Å². The first-order valence-electron chi connectivity index (χ1n) is 8.41. The number of amides is 1. The highest BCUT2D eigenvalue weighted by atomic mass is 16.5. The maximum atomic E-state index is 12.1. The number of hydrogen-bond donors (Lipinski definition) is 1. The van der Waals surface area contributed by atoms with E-state index >= 15 is 0 Å². The number of carbonyl (C=O) groups excluding carboxylic acids is 2.